The number of hydrogen-bond acceptors (Lipinski definition) is 5. The van der Waals surface area contributed by atoms with Crippen molar-refractivity contribution in [2.75, 3.05) is 17.3 Å². The van der Waals surface area contributed by atoms with Gasteiger partial charge in [0.1, 0.15) is 11.6 Å². The number of nitrogens with zero attached hydrogens (tertiary/aromatic N) is 1. The number of pyridine rings is 1. The van der Waals surface area contributed by atoms with E-state index >= 15 is 0 Å². The van der Waals surface area contributed by atoms with E-state index in [1.807, 2.05) is 42.5 Å². The van der Waals surface area contributed by atoms with Gasteiger partial charge in [-0.05, 0) is 17.7 Å². The predicted molar refractivity (Wildman–Crippen MR) is 71.9 cm³/mol. The molecule has 0 aliphatic heterocycles. The van der Waals surface area contributed by atoms with Crippen molar-refractivity contribution in [1.82, 2.24) is 4.98 Å². The summed E-state index contributed by atoms with van der Waals surface area (Å²) in [5.74, 6) is 6.54. The number of anilines is 2. The molecule has 0 saturated heterocycles. The van der Waals surface area contributed by atoms with Crippen LogP contribution in [0, 0.1) is 0 Å². The molecule has 1 atom stereocenters. The van der Waals surface area contributed by atoms with Crippen LogP contribution in [0.2, 0.25) is 0 Å². The van der Waals surface area contributed by atoms with Gasteiger partial charge < -0.3 is 15.8 Å². The second kappa shape index (κ2) is 6.00. The molecular formula is C13H16N4O. The number of nitrogens with one attached hydrogen (secondary N) is 2. The molecular weight excluding hydrogens is 228 g/mol. The molecule has 1 aromatic heterocycles. The number of hydrazine groups is 1. The van der Waals surface area contributed by atoms with Crippen LogP contribution in [0.4, 0.5) is 11.6 Å². The van der Waals surface area contributed by atoms with E-state index in [4.69, 9.17) is 5.84 Å². The van der Waals surface area contributed by atoms with Crippen molar-refractivity contribution in [3.63, 3.8) is 0 Å². The summed E-state index contributed by atoms with van der Waals surface area (Å²) in [6, 6.07) is 15.0. The molecule has 94 valence electrons. The largest absolute Gasteiger partial charge is 0.394 e. The summed E-state index contributed by atoms with van der Waals surface area (Å²) in [5.41, 5.74) is 3.49. The molecule has 0 amide bonds. The fraction of sp³-hybridized carbons (Fsp3) is 0.154. The molecule has 2 aromatic rings. The van der Waals surface area contributed by atoms with E-state index in [0.717, 1.165) is 5.56 Å². The molecule has 0 fully saturated rings. The van der Waals surface area contributed by atoms with E-state index < -0.39 is 0 Å². The minimum Gasteiger partial charge on any atom is -0.394 e. The van der Waals surface area contributed by atoms with Crippen LogP contribution in [0.15, 0.2) is 48.5 Å². The van der Waals surface area contributed by atoms with Crippen molar-refractivity contribution in [2.24, 2.45) is 5.84 Å². The number of aliphatic hydroxyl groups excluding tert-OH is 1. The maximum absolute atomic E-state index is 9.44. The van der Waals surface area contributed by atoms with Gasteiger partial charge in [-0.15, -0.1) is 0 Å². The number of rotatable bonds is 5. The van der Waals surface area contributed by atoms with Gasteiger partial charge in [0.15, 0.2) is 0 Å². The van der Waals surface area contributed by atoms with Crippen LogP contribution in [-0.2, 0) is 0 Å². The van der Waals surface area contributed by atoms with E-state index in [2.05, 4.69) is 15.7 Å². The molecule has 0 radical (unpaired) electrons. The Bertz CT molecular complexity index is 489. The summed E-state index contributed by atoms with van der Waals surface area (Å²) in [6.45, 7) is -0.00796. The lowest BCUT2D eigenvalue weighted by Crippen LogP contribution is -2.16. The van der Waals surface area contributed by atoms with E-state index in [9.17, 15) is 5.11 Å². The number of aromatic nitrogens is 1. The molecule has 5 nitrogen and oxygen atoms in total. The van der Waals surface area contributed by atoms with Crippen molar-refractivity contribution in [1.29, 1.82) is 0 Å². The fourth-order valence-corrected chi connectivity index (χ4v) is 1.69. The fourth-order valence-electron chi connectivity index (χ4n) is 1.69. The van der Waals surface area contributed by atoms with Gasteiger partial charge in [0, 0.05) is 0 Å². The topological polar surface area (TPSA) is 83.2 Å². The third kappa shape index (κ3) is 2.97. The standard InChI is InChI=1S/C13H16N4O/c14-17-13-8-4-7-12(16-13)15-11(9-18)10-5-2-1-3-6-10/h1-8,11,18H,9,14H2,(H2,15,16,17). The Kier molecular flexibility index (Phi) is 4.11. The maximum Gasteiger partial charge on any atom is 0.142 e. The van der Waals surface area contributed by atoms with Gasteiger partial charge in [0.05, 0.1) is 12.6 Å². The summed E-state index contributed by atoms with van der Waals surface area (Å²) in [5, 5.41) is 12.6. The van der Waals surface area contributed by atoms with Crippen molar-refractivity contribution < 1.29 is 5.11 Å². The molecule has 5 N–H and O–H groups in total. The number of hydrogen-bond donors (Lipinski definition) is 4. The highest BCUT2D eigenvalue weighted by Crippen LogP contribution is 2.18. The monoisotopic (exact) mass is 244 g/mol. The quantitative estimate of drug-likeness (QED) is 0.473. The van der Waals surface area contributed by atoms with Gasteiger partial charge in [0.25, 0.3) is 0 Å². The van der Waals surface area contributed by atoms with Crippen LogP contribution in [-0.4, -0.2) is 16.7 Å². The van der Waals surface area contributed by atoms with Gasteiger partial charge >= 0.3 is 0 Å². The molecule has 0 aliphatic rings. The molecule has 1 unspecified atom stereocenters. The number of nitrogens with two attached hydrogens (primary N) is 1. The maximum atomic E-state index is 9.44. The minimum atomic E-state index is -0.188. The summed E-state index contributed by atoms with van der Waals surface area (Å²) in [4.78, 5) is 4.25. The molecule has 2 rings (SSSR count). The Morgan fingerprint density at radius 1 is 1.06 bits per heavy atom. The van der Waals surface area contributed by atoms with Crippen LogP contribution in [0.3, 0.4) is 0 Å². The SMILES string of the molecule is NNc1cccc(NC(CO)c2ccccc2)n1. The van der Waals surface area contributed by atoms with Crippen LogP contribution >= 0.6 is 0 Å². The van der Waals surface area contributed by atoms with Crippen molar-refractivity contribution in [3.05, 3.63) is 54.1 Å². The average molecular weight is 244 g/mol. The molecule has 0 saturated carbocycles. The Labute approximate surface area is 106 Å². The molecule has 5 heteroatoms. The first-order valence-corrected chi connectivity index (χ1v) is 5.69. The zero-order valence-electron chi connectivity index (χ0n) is 9.88. The highest BCUT2D eigenvalue weighted by atomic mass is 16.3. The van der Waals surface area contributed by atoms with Crippen LogP contribution in [0.5, 0.6) is 0 Å². The summed E-state index contributed by atoms with van der Waals surface area (Å²) in [6.07, 6.45) is 0. The Balaban J connectivity index is 2.15. The number of aliphatic hydroxyl groups is 1. The molecule has 0 spiro atoms. The van der Waals surface area contributed by atoms with Crippen LogP contribution in [0.1, 0.15) is 11.6 Å². The molecule has 0 bridgehead atoms. The first-order chi connectivity index (χ1) is 8.83. The minimum absolute atomic E-state index is 0.00796. The lowest BCUT2D eigenvalue weighted by Gasteiger charge is -2.17. The smallest absolute Gasteiger partial charge is 0.142 e. The van der Waals surface area contributed by atoms with E-state index in [1.54, 1.807) is 6.07 Å². The van der Waals surface area contributed by atoms with Gasteiger partial charge in [-0.3, -0.25) is 0 Å². The van der Waals surface area contributed by atoms with Crippen LogP contribution in [0.25, 0.3) is 0 Å². The molecule has 1 heterocycles. The first kappa shape index (κ1) is 12.3. The molecule has 0 aliphatic carbocycles. The van der Waals surface area contributed by atoms with Crippen molar-refractivity contribution in [3.8, 4) is 0 Å². The van der Waals surface area contributed by atoms with E-state index in [-0.39, 0.29) is 12.6 Å². The molecule has 18 heavy (non-hydrogen) atoms. The third-order valence-electron chi connectivity index (χ3n) is 2.60. The predicted octanol–water partition coefficient (Wildman–Crippen LogP) is 1.51. The zero-order chi connectivity index (χ0) is 12.8. The highest BCUT2D eigenvalue weighted by molar-refractivity contribution is 5.46. The average Bonchev–Trinajstić information content (AvgIpc) is 2.46. The lowest BCUT2D eigenvalue weighted by atomic mass is 10.1. The van der Waals surface area contributed by atoms with Crippen LogP contribution < -0.4 is 16.6 Å². The summed E-state index contributed by atoms with van der Waals surface area (Å²) in [7, 11) is 0. The third-order valence-corrected chi connectivity index (χ3v) is 2.60. The summed E-state index contributed by atoms with van der Waals surface area (Å²) >= 11 is 0. The van der Waals surface area contributed by atoms with Gasteiger partial charge in [0.2, 0.25) is 0 Å². The normalized spacial score (nSPS) is 11.9. The van der Waals surface area contributed by atoms with E-state index in [0.29, 0.717) is 11.6 Å². The van der Waals surface area contributed by atoms with Gasteiger partial charge in [-0.1, -0.05) is 36.4 Å². The lowest BCUT2D eigenvalue weighted by molar-refractivity contribution is 0.276. The van der Waals surface area contributed by atoms with Crippen molar-refractivity contribution >= 4 is 11.6 Å². The number of nitrogen functional groups attached to an aromatic ring is 1. The van der Waals surface area contributed by atoms with Crippen molar-refractivity contribution in [2.45, 2.75) is 6.04 Å². The second-order valence-corrected chi connectivity index (χ2v) is 3.84. The second-order valence-electron chi connectivity index (χ2n) is 3.84. The van der Waals surface area contributed by atoms with Gasteiger partial charge in [-0.2, -0.15) is 0 Å². The molecule has 1 aromatic carbocycles. The first-order valence-electron chi connectivity index (χ1n) is 5.69. The van der Waals surface area contributed by atoms with Gasteiger partial charge in [-0.25, -0.2) is 10.8 Å². The Morgan fingerprint density at radius 2 is 1.78 bits per heavy atom. The zero-order valence-corrected chi connectivity index (χ0v) is 9.88. The Hall–Kier alpha value is -2.11. The van der Waals surface area contributed by atoms with E-state index in [1.165, 1.54) is 0 Å². The summed E-state index contributed by atoms with van der Waals surface area (Å²) < 4.78 is 0. The highest BCUT2D eigenvalue weighted by Gasteiger charge is 2.10. The number of benzene rings is 1. The Morgan fingerprint density at radius 3 is 2.44 bits per heavy atom.